The number of non-ortho nitro benzene ring substituents is 1. The molecule has 0 spiro atoms. The molecule has 0 bridgehead atoms. The predicted molar refractivity (Wildman–Crippen MR) is 130 cm³/mol. The van der Waals surface area contributed by atoms with Gasteiger partial charge in [-0.1, -0.05) is 11.6 Å². The van der Waals surface area contributed by atoms with E-state index < -0.39 is 23.0 Å². The average Bonchev–Trinajstić information content (AvgIpc) is 3.34. The molecule has 0 saturated carbocycles. The van der Waals surface area contributed by atoms with Crippen molar-refractivity contribution >= 4 is 62.2 Å². The number of nitro benzene ring substituents is 1. The first-order chi connectivity index (χ1) is 16.8. The first-order valence-corrected chi connectivity index (χ1v) is 11.0. The zero-order valence-electron chi connectivity index (χ0n) is 17.5. The molecule has 0 unspecified atom stereocenters. The third-order valence-corrected chi connectivity index (χ3v) is 5.51. The lowest BCUT2D eigenvalue weighted by Crippen LogP contribution is -2.20. The summed E-state index contributed by atoms with van der Waals surface area (Å²) in [7, 11) is 0. The van der Waals surface area contributed by atoms with Gasteiger partial charge in [0.1, 0.15) is 11.8 Å². The summed E-state index contributed by atoms with van der Waals surface area (Å²) in [5, 5.41) is 26.3. The highest BCUT2D eigenvalue weighted by Crippen LogP contribution is 2.28. The summed E-state index contributed by atoms with van der Waals surface area (Å²) in [6.45, 7) is -0.411. The molecule has 0 fully saturated rings. The number of rotatable bonds is 7. The normalized spacial score (nSPS) is 11.1. The molecular weight excluding hydrogens is 496 g/mol. The minimum Gasteiger partial charge on any atom is -0.483 e. The van der Waals surface area contributed by atoms with E-state index in [4.69, 9.17) is 16.3 Å². The van der Waals surface area contributed by atoms with E-state index in [0.717, 1.165) is 0 Å². The molecule has 35 heavy (non-hydrogen) atoms. The topological polar surface area (TPSA) is 164 Å². The average molecular weight is 509 g/mol. The van der Waals surface area contributed by atoms with Gasteiger partial charge in [-0.25, -0.2) is 9.97 Å². The van der Waals surface area contributed by atoms with Crippen LogP contribution < -0.4 is 15.6 Å². The second-order valence-electron chi connectivity index (χ2n) is 6.90. The Balaban J connectivity index is 1.69. The molecule has 11 nitrogen and oxygen atoms in total. The monoisotopic (exact) mass is 508 g/mol. The number of nitrogens with one attached hydrogen (secondary N) is 2. The van der Waals surface area contributed by atoms with Crippen molar-refractivity contribution in [2.75, 3.05) is 11.9 Å². The second-order valence-corrected chi connectivity index (χ2v) is 8.23. The fourth-order valence-corrected chi connectivity index (χ4v) is 3.74. The molecular formula is C22H13ClN6O5S. The van der Waals surface area contributed by atoms with Gasteiger partial charge in [-0.2, -0.15) is 5.26 Å². The highest BCUT2D eigenvalue weighted by molar-refractivity contribution is 7.13. The van der Waals surface area contributed by atoms with Crippen LogP contribution >= 0.6 is 22.9 Å². The number of amides is 1. The molecule has 0 aliphatic heterocycles. The number of thiazole rings is 1. The van der Waals surface area contributed by atoms with Crippen LogP contribution in [-0.4, -0.2) is 32.4 Å². The van der Waals surface area contributed by atoms with Crippen molar-refractivity contribution in [2.45, 2.75) is 0 Å². The zero-order valence-corrected chi connectivity index (χ0v) is 19.1. The molecule has 4 aromatic rings. The smallest absolute Gasteiger partial charge is 0.270 e. The van der Waals surface area contributed by atoms with Crippen LogP contribution in [0.25, 0.3) is 22.6 Å². The van der Waals surface area contributed by atoms with E-state index in [9.17, 15) is 25.0 Å². The Morgan fingerprint density at radius 2 is 2.17 bits per heavy atom. The molecule has 0 aliphatic rings. The summed E-state index contributed by atoms with van der Waals surface area (Å²) in [5.41, 5.74) is -0.414. The number of halogens is 1. The SMILES string of the molecule is N#CC(=Cc1cc([N+](=O)[O-])ccc1OCC(=O)Nc1nccs1)c1nc2ccc(Cl)cc2c(=O)[nH]1. The van der Waals surface area contributed by atoms with Crippen molar-refractivity contribution in [3.63, 3.8) is 0 Å². The Bertz CT molecular complexity index is 1580. The first kappa shape index (κ1) is 23.6. The number of nitro groups is 1. The van der Waals surface area contributed by atoms with Gasteiger partial charge >= 0.3 is 0 Å². The number of hydrogen-bond donors (Lipinski definition) is 2. The molecule has 4 rings (SSSR count). The lowest BCUT2D eigenvalue weighted by Gasteiger charge is -2.10. The Kier molecular flexibility index (Phi) is 6.81. The standard InChI is InChI=1S/C22H13ClN6O5S/c23-14-1-3-17-16(9-14)21(31)28-20(26-17)13(10-24)7-12-8-15(29(32)33)2-4-18(12)34-11-19(30)27-22-25-5-6-35-22/h1-9H,11H2,(H,25,27,30)(H,26,28,31). The highest BCUT2D eigenvalue weighted by atomic mass is 35.5. The summed E-state index contributed by atoms with van der Waals surface area (Å²) in [6.07, 6.45) is 2.81. The van der Waals surface area contributed by atoms with Crippen molar-refractivity contribution in [1.82, 2.24) is 15.0 Å². The number of H-pyrrole nitrogens is 1. The molecule has 0 radical (unpaired) electrons. The third-order valence-electron chi connectivity index (χ3n) is 4.58. The molecule has 2 N–H and O–H groups in total. The van der Waals surface area contributed by atoms with Gasteiger partial charge in [0.05, 0.1) is 21.4 Å². The van der Waals surface area contributed by atoms with Gasteiger partial charge in [0, 0.05) is 34.3 Å². The van der Waals surface area contributed by atoms with Gasteiger partial charge in [0.25, 0.3) is 17.2 Å². The number of aromatic amines is 1. The first-order valence-electron chi connectivity index (χ1n) is 9.76. The lowest BCUT2D eigenvalue weighted by atomic mass is 10.1. The number of hydrogen-bond acceptors (Lipinski definition) is 9. The summed E-state index contributed by atoms with van der Waals surface area (Å²) < 4.78 is 5.55. The van der Waals surface area contributed by atoms with E-state index in [2.05, 4.69) is 20.3 Å². The number of ether oxygens (including phenoxy) is 1. The number of benzene rings is 2. The van der Waals surface area contributed by atoms with Gasteiger partial charge in [-0.3, -0.25) is 25.0 Å². The van der Waals surface area contributed by atoms with Crippen molar-refractivity contribution < 1.29 is 14.5 Å². The quantitative estimate of drug-likeness (QED) is 0.214. The zero-order chi connectivity index (χ0) is 24.9. The maximum absolute atomic E-state index is 12.5. The Morgan fingerprint density at radius 1 is 1.34 bits per heavy atom. The molecule has 174 valence electrons. The van der Waals surface area contributed by atoms with Crippen molar-refractivity contribution in [3.8, 4) is 11.8 Å². The fourth-order valence-electron chi connectivity index (χ4n) is 3.03. The largest absolute Gasteiger partial charge is 0.483 e. The van der Waals surface area contributed by atoms with E-state index in [1.54, 1.807) is 11.4 Å². The van der Waals surface area contributed by atoms with Crippen LogP contribution in [0.4, 0.5) is 10.8 Å². The maximum Gasteiger partial charge on any atom is 0.270 e. The number of allylic oxidation sites excluding steroid dienone is 1. The number of carbonyl (C=O) groups excluding carboxylic acids is 1. The van der Waals surface area contributed by atoms with E-state index in [0.29, 0.717) is 15.7 Å². The van der Waals surface area contributed by atoms with Crippen molar-refractivity contribution in [1.29, 1.82) is 5.26 Å². The number of nitriles is 1. The summed E-state index contributed by atoms with van der Waals surface area (Å²) in [4.78, 5) is 46.1. The van der Waals surface area contributed by atoms with Gasteiger partial charge in [0.2, 0.25) is 0 Å². The minimum atomic E-state index is -0.609. The maximum atomic E-state index is 12.5. The van der Waals surface area contributed by atoms with Crippen LogP contribution in [0, 0.1) is 21.4 Å². The number of carbonyl (C=O) groups is 1. The Labute approximate surface area is 205 Å². The lowest BCUT2D eigenvalue weighted by molar-refractivity contribution is -0.384. The molecule has 1 amide bonds. The van der Waals surface area contributed by atoms with Crippen LogP contribution in [0.3, 0.4) is 0 Å². The van der Waals surface area contributed by atoms with Crippen LogP contribution in [0.5, 0.6) is 5.75 Å². The van der Waals surface area contributed by atoms with Gasteiger partial charge < -0.3 is 9.72 Å². The highest BCUT2D eigenvalue weighted by Gasteiger charge is 2.15. The van der Waals surface area contributed by atoms with Gasteiger partial charge in [-0.15, -0.1) is 11.3 Å². The molecule has 0 saturated heterocycles. The molecule has 0 atom stereocenters. The number of aromatic nitrogens is 3. The number of fused-ring (bicyclic) bond motifs is 1. The van der Waals surface area contributed by atoms with E-state index in [-0.39, 0.29) is 33.8 Å². The molecule has 2 aromatic heterocycles. The van der Waals surface area contributed by atoms with Crippen molar-refractivity contribution in [2.24, 2.45) is 0 Å². The van der Waals surface area contributed by atoms with Gasteiger partial charge in [-0.05, 0) is 30.3 Å². The summed E-state index contributed by atoms with van der Waals surface area (Å²) in [6, 6.07) is 10.2. The Morgan fingerprint density at radius 3 is 2.89 bits per heavy atom. The van der Waals surface area contributed by atoms with Crippen LogP contribution in [0.15, 0.2) is 52.8 Å². The molecule has 2 aromatic carbocycles. The van der Waals surface area contributed by atoms with Gasteiger partial charge in [0.15, 0.2) is 17.6 Å². The van der Waals surface area contributed by atoms with Crippen LogP contribution in [0.2, 0.25) is 5.02 Å². The number of nitrogens with zero attached hydrogens (tertiary/aromatic N) is 4. The van der Waals surface area contributed by atoms with E-state index in [1.165, 1.54) is 53.9 Å². The molecule has 2 heterocycles. The van der Waals surface area contributed by atoms with Crippen LogP contribution in [0.1, 0.15) is 11.4 Å². The third kappa shape index (κ3) is 5.49. The summed E-state index contributed by atoms with van der Waals surface area (Å²) in [5.74, 6) is -0.438. The van der Waals surface area contributed by atoms with Crippen LogP contribution in [-0.2, 0) is 4.79 Å². The second kappa shape index (κ2) is 10.1. The predicted octanol–water partition coefficient (Wildman–Crippen LogP) is 4.02. The molecule has 13 heteroatoms. The van der Waals surface area contributed by atoms with E-state index >= 15 is 0 Å². The minimum absolute atomic E-state index is 0.0497. The van der Waals surface area contributed by atoms with Crippen molar-refractivity contribution in [3.05, 3.63) is 84.9 Å². The Hall–Kier alpha value is -4.60. The number of anilines is 1. The summed E-state index contributed by atoms with van der Waals surface area (Å²) >= 11 is 7.16. The molecule has 0 aliphatic carbocycles. The van der Waals surface area contributed by atoms with E-state index in [1.807, 2.05) is 6.07 Å². The fraction of sp³-hybridized carbons (Fsp3) is 0.0455.